The van der Waals surface area contributed by atoms with E-state index in [1.54, 1.807) is 0 Å². The molecule has 0 aliphatic heterocycles. The normalized spacial score (nSPS) is 9.00. The van der Waals surface area contributed by atoms with Crippen molar-refractivity contribution in [1.82, 2.24) is 5.32 Å². The monoisotopic (exact) mass is 103 g/mol. The second kappa shape index (κ2) is 5.39. The Morgan fingerprint density at radius 1 is 1.67 bits per heavy atom. The van der Waals surface area contributed by atoms with Crippen LogP contribution in [0.1, 0.15) is 6.42 Å². The number of hydrogen-bond donors (Lipinski definition) is 1. The van der Waals surface area contributed by atoms with Crippen LogP contribution in [-0.4, -0.2) is 19.8 Å². The second-order valence-electron chi connectivity index (χ2n) is 1.18. The van der Waals surface area contributed by atoms with Gasteiger partial charge in [0.15, 0.2) is 0 Å². The van der Waals surface area contributed by atoms with E-state index in [4.69, 9.17) is 0 Å². The van der Waals surface area contributed by atoms with Crippen molar-refractivity contribution in [2.75, 3.05) is 19.8 Å². The molecular weight excluding hydrogens is 93.0 g/mol. The molecule has 36 valence electrons. The topological polar surface area (TPSA) is 12.0 Å². The summed E-state index contributed by atoms with van der Waals surface area (Å²) in [6, 6.07) is 0. The summed E-state index contributed by atoms with van der Waals surface area (Å²) in [5.41, 5.74) is 0. The van der Waals surface area contributed by atoms with Gasteiger partial charge in [-0.25, -0.2) is 0 Å². The van der Waals surface area contributed by atoms with Gasteiger partial charge in [0.05, 0.1) is 0 Å². The minimum atomic E-state index is 0.987. The summed E-state index contributed by atoms with van der Waals surface area (Å²) in [4.78, 5) is 0. The summed E-state index contributed by atoms with van der Waals surface area (Å²) >= 11 is 0. The zero-order valence-electron chi connectivity index (χ0n) is 4.07. The SMILES string of the molecule is CNCCC[P]. The molecule has 0 heterocycles. The van der Waals surface area contributed by atoms with Gasteiger partial charge >= 0.3 is 0 Å². The van der Waals surface area contributed by atoms with Gasteiger partial charge in [0.1, 0.15) is 0 Å². The lowest BCUT2D eigenvalue weighted by molar-refractivity contribution is 0.778. The van der Waals surface area contributed by atoms with E-state index in [1.165, 1.54) is 6.42 Å². The second-order valence-corrected chi connectivity index (χ2v) is 1.63. The minimum Gasteiger partial charge on any atom is -0.320 e. The quantitative estimate of drug-likeness (QED) is 0.415. The van der Waals surface area contributed by atoms with Gasteiger partial charge in [0.25, 0.3) is 0 Å². The van der Waals surface area contributed by atoms with E-state index in [0.717, 1.165) is 12.7 Å². The Morgan fingerprint density at radius 2 is 2.33 bits per heavy atom. The average Bonchev–Trinajstić information content (AvgIpc) is 1.61. The number of nitrogens with one attached hydrogen (secondary N) is 1. The molecular formula is C4H10NP. The first-order chi connectivity index (χ1) is 2.91. The van der Waals surface area contributed by atoms with Crippen molar-refractivity contribution in [1.29, 1.82) is 0 Å². The largest absolute Gasteiger partial charge is 0.320 e. The molecule has 0 saturated heterocycles. The summed E-state index contributed by atoms with van der Waals surface area (Å²) in [6.07, 6.45) is 2.15. The molecule has 1 N–H and O–H groups in total. The molecule has 0 amide bonds. The Labute approximate surface area is 41.7 Å². The van der Waals surface area contributed by atoms with Gasteiger partial charge in [-0.1, -0.05) is 0 Å². The Bertz CT molecular complexity index is 19.5. The van der Waals surface area contributed by atoms with Crippen molar-refractivity contribution in [3.05, 3.63) is 0 Å². The lowest BCUT2D eigenvalue weighted by Crippen LogP contribution is -2.07. The minimum absolute atomic E-state index is 0.987. The lowest BCUT2D eigenvalue weighted by Gasteiger charge is -1.89. The van der Waals surface area contributed by atoms with Crippen LogP contribution >= 0.6 is 9.24 Å². The Hall–Kier alpha value is 0.390. The van der Waals surface area contributed by atoms with Crippen LogP contribution < -0.4 is 5.32 Å². The van der Waals surface area contributed by atoms with Crippen LogP contribution in [0.25, 0.3) is 0 Å². The zero-order chi connectivity index (χ0) is 4.83. The third-order valence-corrected chi connectivity index (χ3v) is 0.901. The molecule has 0 fully saturated rings. The van der Waals surface area contributed by atoms with Crippen LogP contribution in [0.5, 0.6) is 0 Å². The first-order valence-electron chi connectivity index (χ1n) is 2.17. The third kappa shape index (κ3) is 4.39. The smallest absolute Gasteiger partial charge is 0.00483 e. The molecule has 2 radical (unpaired) electrons. The van der Waals surface area contributed by atoms with E-state index in [-0.39, 0.29) is 0 Å². The summed E-state index contributed by atoms with van der Waals surface area (Å²) in [5, 5.41) is 3.02. The van der Waals surface area contributed by atoms with Crippen molar-refractivity contribution in [2.45, 2.75) is 6.42 Å². The van der Waals surface area contributed by atoms with Crippen molar-refractivity contribution in [3.63, 3.8) is 0 Å². The van der Waals surface area contributed by atoms with Crippen molar-refractivity contribution < 1.29 is 0 Å². The van der Waals surface area contributed by atoms with Crippen molar-refractivity contribution in [3.8, 4) is 0 Å². The summed E-state index contributed by atoms with van der Waals surface area (Å²) < 4.78 is 0. The van der Waals surface area contributed by atoms with Crippen LogP contribution in [-0.2, 0) is 0 Å². The standard InChI is InChI=1S/C4H10NP/c1-5-3-2-4-6/h5H,2-4H2,1H3. The Balaban J connectivity index is 2.34. The Morgan fingerprint density at radius 3 is 2.50 bits per heavy atom. The van der Waals surface area contributed by atoms with Gasteiger partial charge in [-0.15, -0.1) is 0 Å². The highest BCUT2D eigenvalue weighted by Gasteiger charge is 1.74. The predicted molar refractivity (Wildman–Crippen MR) is 30.3 cm³/mol. The molecule has 0 aliphatic carbocycles. The average molecular weight is 103 g/mol. The fourth-order valence-corrected chi connectivity index (χ4v) is 0.414. The van der Waals surface area contributed by atoms with Crippen LogP contribution in [0.2, 0.25) is 0 Å². The molecule has 0 bridgehead atoms. The van der Waals surface area contributed by atoms with E-state index < -0.39 is 0 Å². The number of hydrogen-bond acceptors (Lipinski definition) is 1. The van der Waals surface area contributed by atoms with Gasteiger partial charge in [-0.2, -0.15) is 0 Å². The fraction of sp³-hybridized carbons (Fsp3) is 1.00. The summed E-state index contributed by atoms with van der Waals surface area (Å²) in [6.45, 7) is 1.09. The zero-order valence-corrected chi connectivity index (χ0v) is 4.96. The van der Waals surface area contributed by atoms with E-state index >= 15 is 0 Å². The molecule has 0 aliphatic rings. The van der Waals surface area contributed by atoms with Crippen molar-refractivity contribution >= 4 is 9.24 Å². The molecule has 0 saturated carbocycles. The summed E-state index contributed by atoms with van der Waals surface area (Å²) in [7, 11) is 5.96. The molecule has 6 heavy (non-hydrogen) atoms. The molecule has 0 aromatic carbocycles. The van der Waals surface area contributed by atoms with E-state index in [1.807, 2.05) is 7.05 Å². The predicted octanol–water partition coefficient (Wildman–Crippen LogP) is 1.01. The van der Waals surface area contributed by atoms with Crippen LogP contribution in [0, 0.1) is 0 Å². The van der Waals surface area contributed by atoms with Gasteiger partial charge < -0.3 is 5.32 Å². The van der Waals surface area contributed by atoms with Gasteiger partial charge in [-0.05, 0) is 35.4 Å². The molecule has 0 spiro atoms. The summed E-state index contributed by atoms with van der Waals surface area (Å²) in [5.74, 6) is 0. The maximum atomic E-state index is 4.01. The molecule has 0 rings (SSSR count). The van der Waals surface area contributed by atoms with Crippen LogP contribution in [0.3, 0.4) is 0 Å². The van der Waals surface area contributed by atoms with Crippen molar-refractivity contribution in [2.24, 2.45) is 0 Å². The molecule has 1 nitrogen and oxygen atoms in total. The van der Waals surface area contributed by atoms with E-state index in [2.05, 4.69) is 14.6 Å². The molecule has 0 aromatic rings. The van der Waals surface area contributed by atoms with Crippen LogP contribution in [0.15, 0.2) is 0 Å². The highest BCUT2D eigenvalue weighted by molar-refractivity contribution is 7.16. The maximum Gasteiger partial charge on any atom is -0.00483 e. The molecule has 0 atom stereocenters. The van der Waals surface area contributed by atoms with Gasteiger partial charge in [0.2, 0.25) is 0 Å². The van der Waals surface area contributed by atoms with E-state index in [0.29, 0.717) is 0 Å². The molecule has 2 heteroatoms. The highest BCUT2D eigenvalue weighted by Crippen LogP contribution is 1.82. The first-order valence-corrected chi connectivity index (χ1v) is 2.80. The molecule has 0 aromatic heterocycles. The Kier molecular flexibility index (Phi) is 5.74. The lowest BCUT2D eigenvalue weighted by atomic mass is 10.5. The number of rotatable bonds is 3. The van der Waals surface area contributed by atoms with Crippen LogP contribution in [0.4, 0.5) is 0 Å². The first kappa shape index (κ1) is 6.39. The van der Waals surface area contributed by atoms with Gasteiger partial charge in [-0.3, -0.25) is 0 Å². The van der Waals surface area contributed by atoms with E-state index in [9.17, 15) is 0 Å². The fourth-order valence-electron chi connectivity index (χ4n) is 0.256. The maximum absolute atomic E-state index is 4.01. The van der Waals surface area contributed by atoms with Gasteiger partial charge in [0, 0.05) is 0 Å². The molecule has 0 unspecified atom stereocenters. The third-order valence-electron chi connectivity index (χ3n) is 0.585. The highest BCUT2D eigenvalue weighted by atomic mass is 31.0.